The summed E-state index contributed by atoms with van der Waals surface area (Å²) >= 11 is 0. The zero-order valence-corrected chi connectivity index (χ0v) is 14.6. The topological polar surface area (TPSA) is 62.7 Å². The van der Waals surface area contributed by atoms with E-state index in [1.807, 2.05) is 6.92 Å². The van der Waals surface area contributed by atoms with Crippen LogP contribution < -0.4 is 0 Å². The third-order valence-corrected chi connectivity index (χ3v) is 6.90. The van der Waals surface area contributed by atoms with Crippen LogP contribution in [0.4, 0.5) is 0 Å². The van der Waals surface area contributed by atoms with Crippen LogP contribution in [-0.4, -0.2) is 68.0 Å². The number of likely N-dealkylation sites (N-methyl/N-ethyl adjacent to an activating group) is 1. The quantitative estimate of drug-likeness (QED) is 0.807. The van der Waals surface area contributed by atoms with Crippen LogP contribution in [0.5, 0.6) is 0 Å². The summed E-state index contributed by atoms with van der Waals surface area (Å²) in [5.74, 6) is 0.523. The van der Waals surface area contributed by atoms with Gasteiger partial charge in [0, 0.05) is 44.2 Å². The second-order valence-electron chi connectivity index (χ2n) is 6.63. The van der Waals surface area contributed by atoms with Gasteiger partial charge in [-0.25, -0.2) is 8.42 Å². The highest BCUT2D eigenvalue weighted by molar-refractivity contribution is 7.89. The second-order valence-corrected chi connectivity index (χ2v) is 8.56. The van der Waals surface area contributed by atoms with Crippen molar-refractivity contribution in [2.45, 2.75) is 30.2 Å². The number of piperidine rings is 1. The van der Waals surface area contributed by atoms with E-state index in [9.17, 15) is 8.42 Å². The largest absolute Gasteiger partial charge is 0.381 e. The molecule has 3 rings (SSSR count). The van der Waals surface area contributed by atoms with E-state index >= 15 is 0 Å². The molecule has 2 aliphatic rings. The third kappa shape index (κ3) is 3.15. The average molecular weight is 339 g/mol. The minimum atomic E-state index is -3.42. The fourth-order valence-corrected chi connectivity index (χ4v) is 5.20. The monoisotopic (exact) mass is 339 g/mol. The molecular weight excluding hydrogens is 314 g/mol. The molecule has 2 aliphatic heterocycles. The summed E-state index contributed by atoms with van der Waals surface area (Å²) in [4.78, 5) is 6.52. The van der Waals surface area contributed by atoms with Gasteiger partial charge in [-0.1, -0.05) is 0 Å². The number of sulfonamides is 1. The van der Waals surface area contributed by atoms with Crippen molar-refractivity contribution >= 4 is 10.0 Å². The molecule has 0 aromatic carbocycles. The van der Waals surface area contributed by atoms with Crippen molar-refractivity contribution in [2.75, 3.05) is 39.9 Å². The summed E-state index contributed by atoms with van der Waals surface area (Å²) in [5.41, 5.74) is -0.0324. The second kappa shape index (κ2) is 6.47. The third-order valence-electron chi connectivity index (χ3n) is 5.12. The molecule has 128 valence electrons. The standard InChI is InChI=1S/C16H25N3O3S/c1-3-22-11-14-6-8-18(2)16(9-14)12-19(13-16)23(20,21)15-5-4-7-17-10-15/h4-5,7,10,14H,3,6,8-9,11-13H2,1-2H3. The van der Waals surface area contributed by atoms with Crippen LogP contribution >= 0.6 is 0 Å². The zero-order valence-electron chi connectivity index (χ0n) is 13.8. The lowest BCUT2D eigenvalue weighted by atomic mass is 9.77. The maximum absolute atomic E-state index is 12.6. The minimum absolute atomic E-state index is 0.0324. The Kier molecular flexibility index (Phi) is 4.73. The van der Waals surface area contributed by atoms with Crippen molar-refractivity contribution in [1.82, 2.24) is 14.2 Å². The van der Waals surface area contributed by atoms with E-state index < -0.39 is 10.0 Å². The fraction of sp³-hybridized carbons (Fsp3) is 0.688. The van der Waals surface area contributed by atoms with Crippen LogP contribution in [0.2, 0.25) is 0 Å². The molecule has 23 heavy (non-hydrogen) atoms. The molecule has 1 aromatic heterocycles. The van der Waals surface area contributed by atoms with Gasteiger partial charge in [-0.15, -0.1) is 0 Å². The Morgan fingerprint density at radius 1 is 1.43 bits per heavy atom. The number of likely N-dealkylation sites (tertiary alicyclic amines) is 1. The van der Waals surface area contributed by atoms with Gasteiger partial charge in [-0.2, -0.15) is 4.31 Å². The van der Waals surface area contributed by atoms with Gasteiger partial charge in [0.05, 0.1) is 0 Å². The van der Waals surface area contributed by atoms with E-state index in [1.165, 1.54) is 6.20 Å². The smallest absolute Gasteiger partial charge is 0.244 e. The Morgan fingerprint density at radius 2 is 2.22 bits per heavy atom. The summed E-state index contributed by atoms with van der Waals surface area (Å²) in [5, 5.41) is 0. The zero-order chi connectivity index (χ0) is 16.5. The Morgan fingerprint density at radius 3 is 2.87 bits per heavy atom. The average Bonchev–Trinajstić information content (AvgIpc) is 2.52. The molecule has 0 N–H and O–H groups in total. The summed E-state index contributed by atoms with van der Waals surface area (Å²) in [6.07, 6.45) is 5.13. The lowest BCUT2D eigenvalue weighted by Gasteiger charge is -2.57. The predicted octanol–water partition coefficient (Wildman–Crippen LogP) is 1.20. The van der Waals surface area contributed by atoms with E-state index in [0.29, 0.717) is 19.0 Å². The molecule has 3 heterocycles. The maximum Gasteiger partial charge on any atom is 0.244 e. The van der Waals surface area contributed by atoms with Crippen LogP contribution in [0.25, 0.3) is 0 Å². The molecule has 0 bridgehead atoms. The number of pyridine rings is 1. The molecule has 0 saturated carbocycles. The molecule has 2 fully saturated rings. The SMILES string of the molecule is CCOCC1CCN(C)C2(C1)CN(S(=O)(=O)c1cccnc1)C2. The van der Waals surface area contributed by atoms with Gasteiger partial charge in [0.25, 0.3) is 0 Å². The first-order valence-corrected chi connectivity index (χ1v) is 9.61. The molecule has 1 atom stereocenters. The summed E-state index contributed by atoms with van der Waals surface area (Å²) in [6.45, 7) is 5.64. The Hall–Kier alpha value is -1.02. The number of hydrogen-bond donors (Lipinski definition) is 0. The Bertz CT molecular complexity index is 627. The number of hydrogen-bond acceptors (Lipinski definition) is 5. The fourth-order valence-electron chi connectivity index (χ4n) is 3.63. The van der Waals surface area contributed by atoms with E-state index in [2.05, 4.69) is 16.9 Å². The highest BCUT2D eigenvalue weighted by atomic mass is 32.2. The lowest BCUT2D eigenvalue weighted by Crippen LogP contribution is -2.72. The van der Waals surface area contributed by atoms with Crippen LogP contribution in [-0.2, 0) is 14.8 Å². The van der Waals surface area contributed by atoms with E-state index in [1.54, 1.807) is 22.6 Å². The highest BCUT2D eigenvalue weighted by Crippen LogP contribution is 2.40. The van der Waals surface area contributed by atoms with Crippen molar-refractivity contribution in [3.8, 4) is 0 Å². The highest BCUT2D eigenvalue weighted by Gasteiger charge is 2.53. The van der Waals surface area contributed by atoms with Crippen LogP contribution in [0.3, 0.4) is 0 Å². The van der Waals surface area contributed by atoms with E-state index in [-0.39, 0.29) is 10.4 Å². The van der Waals surface area contributed by atoms with Crippen LogP contribution in [0, 0.1) is 5.92 Å². The van der Waals surface area contributed by atoms with E-state index in [4.69, 9.17) is 4.74 Å². The summed E-state index contributed by atoms with van der Waals surface area (Å²) in [7, 11) is -1.32. The Labute approximate surface area is 138 Å². The van der Waals surface area contributed by atoms with Gasteiger partial charge >= 0.3 is 0 Å². The molecule has 0 amide bonds. The molecule has 6 nitrogen and oxygen atoms in total. The molecular formula is C16H25N3O3S. The normalized spacial score (nSPS) is 25.4. The lowest BCUT2D eigenvalue weighted by molar-refractivity contribution is -0.0576. The van der Waals surface area contributed by atoms with Gasteiger partial charge in [0.2, 0.25) is 10.0 Å². The molecule has 2 saturated heterocycles. The molecule has 1 unspecified atom stereocenters. The van der Waals surface area contributed by atoms with Gasteiger partial charge in [0.15, 0.2) is 0 Å². The first-order chi connectivity index (χ1) is 11.0. The van der Waals surface area contributed by atoms with Crippen molar-refractivity contribution in [2.24, 2.45) is 5.92 Å². The molecule has 1 spiro atoms. The van der Waals surface area contributed by atoms with Crippen molar-refractivity contribution in [3.63, 3.8) is 0 Å². The molecule has 7 heteroatoms. The number of aromatic nitrogens is 1. The maximum atomic E-state index is 12.6. The predicted molar refractivity (Wildman–Crippen MR) is 87.6 cm³/mol. The van der Waals surface area contributed by atoms with Crippen molar-refractivity contribution in [1.29, 1.82) is 0 Å². The number of nitrogens with zero attached hydrogens (tertiary/aromatic N) is 3. The summed E-state index contributed by atoms with van der Waals surface area (Å²) < 4.78 is 32.4. The van der Waals surface area contributed by atoms with Crippen LogP contribution in [0.1, 0.15) is 19.8 Å². The van der Waals surface area contributed by atoms with Crippen LogP contribution in [0.15, 0.2) is 29.4 Å². The molecule has 0 radical (unpaired) electrons. The van der Waals surface area contributed by atoms with Gasteiger partial charge in [0.1, 0.15) is 4.90 Å². The first kappa shape index (κ1) is 16.8. The van der Waals surface area contributed by atoms with Crippen molar-refractivity contribution in [3.05, 3.63) is 24.5 Å². The van der Waals surface area contributed by atoms with Gasteiger partial charge in [-0.05, 0) is 51.4 Å². The summed E-state index contributed by atoms with van der Waals surface area (Å²) in [6, 6.07) is 3.27. The Balaban J connectivity index is 1.68. The first-order valence-electron chi connectivity index (χ1n) is 8.17. The number of ether oxygens (including phenoxy) is 1. The number of rotatable bonds is 5. The van der Waals surface area contributed by atoms with Gasteiger partial charge in [-0.3, -0.25) is 9.88 Å². The van der Waals surface area contributed by atoms with E-state index in [0.717, 1.165) is 32.6 Å². The molecule has 1 aromatic rings. The van der Waals surface area contributed by atoms with Gasteiger partial charge < -0.3 is 4.74 Å². The van der Waals surface area contributed by atoms with Crippen molar-refractivity contribution < 1.29 is 13.2 Å². The molecule has 0 aliphatic carbocycles. The minimum Gasteiger partial charge on any atom is -0.381 e.